The molecule has 1 aromatic carbocycles. The molecule has 4 heteroatoms. The molecule has 3 unspecified atom stereocenters. The van der Waals surface area contributed by atoms with Crippen LogP contribution in [0.25, 0.3) is 0 Å². The molecule has 0 aliphatic heterocycles. The van der Waals surface area contributed by atoms with Gasteiger partial charge in [-0.25, -0.2) is 8.78 Å². The molecule has 1 aliphatic carbocycles. The molecule has 18 heavy (non-hydrogen) atoms. The van der Waals surface area contributed by atoms with Crippen LogP contribution in [0.15, 0.2) is 18.2 Å². The van der Waals surface area contributed by atoms with Crippen LogP contribution in [0.5, 0.6) is 0 Å². The van der Waals surface area contributed by atoms with E-state index in [0.29, 0.717) is 12.1 Å². The first-order chi connectivity index (χ1) is 8.56. The lowest BCUT2D eigenvalue weighted by molar-refractivity contribution is 0.130. The zero-order valence-corrected chi connectivity index (χ0v) is 10.5. The van der Waals surface area contributed by atoms with Gasteiger partial charge in [0.2, 0.25) is 0 Å². The van der Waals surface area contributed by atoms with Gasteiger partial charge in [-0.05, 0) is 43.4 Å². The first-order valence-electron chi connectivity index (χ1n) is 6.43. The number of aliphatic hydroxyl groups is 1. The summed E-state index contributed by atoms with van der Waals surface area (Å²) >= 11 is 0. The summed E-state index contributed by atoms with van der Waals surface area (Å²) in [7, 11) is 0. The molecule has 1 saturated carbocycles. The number of halogens is 2. The minimum absolute atomic E-state index is 0.122. The minimum atomic E-state index is -0.556. The van der Waals surface area contributed by atoms with Gasteiger partial charge in [0.25, 0.3) is 0 Å². The van der Waals surface area contributed by atoms with Crippen molar-refractivity contribution in [3.63, 3.8) is 0 Å². The van der Waals surface area contributed by atoms with E-state index in [1.807, 2.05) is 6.92 Å². The maximum atomic E-state index is 13.1. The maximum absolute atomic E-state index is 13.1. The molecule has 1 aromatic rings. The second kappa shape index (κ2) is 5.76. The topological polar surface area (TPSA) is 32.3 Å². The van der Waals surface area contributed by atoms with Crippen molar-refractivity contribution in [3.05, 3.63) is 35.4 Å². The molecule has 1 aliphatic rings. The van der Waals surface area contributed by atoms with Crippen LogP contribution in [0.2, 0.25) is 0 Å². The smallest absolute Gasteiger partial charge is 0.126 e. The lowest BCUT2D eigenvalue weighted by Gasteiger charge is -2.20. The van der Waals surface area contributed by atoms with Gasteiger partial charge >= 0.3 is 0 Å². The Morgan fingerprint density at radius 3 is 2.50 bits per heavy atom. The SMILES string of the molecule is CC(NCC1CCCC1O)c1cc(F)cc(F)c1. The van der Waals surface area contributed by atoms with E-state index in [1.165, 1.54) is 12.1 Å². The fraction of sp³-hybridized carbons (Fsp3) is 0.571. The second-order valence-electron chi connectivity index (χ2n) is 5.09. The first kappa shape index (κ1) is 13.4. The molecule has 0 amide bonds. The molecule has 100 valence electrons. The molecule has 0 aromatic heterocycles. The summed E-state index contributed by atoms with van der Waals surface area (Å²) in [5.41, 5.74) is 0.597. The highest BCUT2D eigenvalue weighted by Gasteiger charge is 2.25. The van der Waals surface area contributed by atoms with Crippen LogP contribution < -0.4 is 5.32 Å². The van der Waals surface area contributed by atoms with Gasteiger partial charge < -0.3 is 10.4 Å². The van der Waals surface area contributed by atoms with E-state index in [0.717, 1.165) is 25.3 Å². The molecule has 2 nitrogen and oxygen atoms in total. The highest BCUT2D eigenvalue weighted by Crippen LogP contribution is 2.25. The largest absolute Gasteiger partial charge is 0.393 e. The lowest BCUT2D eigenvalue weighted by Crippen LogP contribution is -2.29. The molecule has 0 heterocycles. The number of hydrogen-bond donors (Lipinski definition) is 2. The van der Waals surface area contributed by atoms with E-state index in [9.17, 15) is 13.9 Å². The third kappa shape index (κ3) is 3.27. The number of hydrogen-bond acceptors (Lipinski definition) is 2. The molecule has 0 radical (unpaired) electrons. The Morgan fingerprint density at radius 1 is 1.28 bits per heavy atom. The predicted molar refractivity (Wildman–Crippen MR) is 66.1 cm³/mol. The second-order valence-corrected chi connectivity index (χ2v) is 5.09. The van der Waals surface area contributed by atoms with Crippen molar-refractivity contribution in [2.45, 2.75) is 38.3 Å². The van der Waals surface area contributed by atoms with E-state index in [4.69, 9.17) is 0 Å². The summed E-state index contributed by atoms with van der Waals surface area (Å²) < 4.78 is 26.2. The van der Waals surface area contributed by atoms with Crippen molar-refractivity contribution in [1.82, 2.24) is 5.32 Å². The highest BCUT2D eigenvalue weighted by atomic mass is 19.1. The molecule has 2 N–H and O–H groups in total. The van der Waals surface area contributed by atoms with Gasteiger partial charge in [-0.3, -0.25) is 0 Å². The fourth-order valence-electron chi connectivity index (χ4n) is 2.53. The maximum Gasteiger partial charge on any atom is 0.126 e. The van der Waals surface area contributed by atoms with E-state index in [2.05, 4.69) is 5.32 Å². The van der Waals surface area contributed by atoms with Gasteiger partial charge in [-0.1, -0.05) is 6.42 Å². The third-order valence-corrected chi connectivity index (χ3v) is 3.69. The Hall–Kier alpha value is -1.00. The van der Waals surface area contributed by atoms with Crippen molar-refractivity contribution in [2.75, 3.05) is 6.54 Å². The Balaban J connectivity index is 1.92. The van der Waals surface area contributed by atoms with Gasteiger partial charge in [-0.15, -0.1) is 0 Å². The molecule has 0 spiro atoms. The van der Waals surface area contributed by atoms with Crippen molar-refractivity contribution >= 4 is 0 Å². The molecule has 0 bridgehead atoms. The molecule has 0 saturated heterocycles. The minimum Gasteiger partial charge on any atom is -0.393 e. The zero-order valence-electron chi connectivity index (χ0n) is 10.5. The standard InChI is InChI=1S/C14H19F2NO/c1-9(11-5-12(15)7-13(16)6-11)17-8-10-3-2-4-14(10)18/h5-7,9-10,14,17-18H,2-4,8H2,1H3. The fourth-order valence-corrected chi connectivity index (χ4v) is 2.53. The summed E-state index contributed by atoms with van der Waals surface area (Å²) in [5, 5.41) is 12.9. The van der Waals surface area contributed by atoms with E-state index < -0.39 is 11.6 Å². The summed E-state index contributed by atoms with van der Waals surface area (Å²) in [5.74, 6) is -0.857. The van der Waals surface area contributed by atoms with Gasteiger partial charge in [0, 0.05) is 18.7 Å². The molecule has 2 rings (SSSR count). The van der Waals surface area contributed by atoms with Crippen LogP contribution in [0.4, 0.5) is 8.78 Å². The first-order valence-corrected chi connectivity index (χ1v) is 6.43. The Labute approximate surface area is 106 Å². The summed E-state index contributed by atoms with van der Waals surface area (Å²) in [6.45, 7) is 2.55. The van der Waals surface area contributed by atoms with Crippen molar-refractivity contribution < 1.29 is 13.9 Å². The van der Waals surface area contributed by atoms with E-state index >= 15 is 0 Å². The molecule has 1 fully saturated rings. The van der Waals surface area contributed by atoms with Gasteiger partial charge in [0.05, 0.1) is 6.10 Å². The molecular formula is C14H19F2NO. The molecule has 3 atom stereocenters. The highest BCUT2D eigenvalue weighted by molar-refractivity contribution is 5.20. The number of rotatable bonds is 4. The average molecular weight is 255 g/mol. The van der Waals surface area contributed by atoms with Crippen LogP contribution in [0.3, 0.4) is 0 Å². The average Bonchev–Trinajstić information content (AvgIpc) is 2.70. The summed E-state index contributed by atoms with van der Waals surface area (Å²) in [4.78, 5) is 0. The van der Waals surface area contributed by atoms with E-state index in [1.54, 1.807) is 0 Å². The van der Waals surface area contributed by atoms with E-state index in [-0.39, 0.29) is 18.1 Å². The van der Waals surface area contributed by atoms with Crippen LogP contribution in [0.1, 0.15) is 37.8 Å². The summed E-state index contributed by atoms with van der Waals surface area (Å²) in [6, 6.07) is 3.43. The molecular weight excluding hydrogens is 236 g/mol. The predicted octanol–water partition coefficient (Wildman–Crippen LogP) is 2.78. The zero-order chi connectivity index (χ0) is 13.1. The van der Waals surface area contributed by atoms with Crippen molar-refractivity contribution in [1.29, 1.82) is 0 Å². The Bertz CT molecular complexity index is 391. The quantitative estimate of drug-likeness (QED) is 0.867. The number of benzene rings is 1. The van der Waals surface area contributed by atoms with Crippen LogP contribution in [-0.4, -0.2) is 17.8 Å². The van der Waals surface area contributed by atoms with Gasteiger partial charge in [-0.2, -0.15) is 0 Å². The third-order valence-electron chi connectivity index (χ3n) is 3.69. The Kier molecular flexibility index (Phi) is 4.30. The van der Waals surface area contributed by atoms with Gasteiger partial charge in [0.1, 0.15) is 11.6 Å². The normalized spacial score (nSPS) is 25.3. The Morgan fingerprint density at radius 2 is 1.94 bits per heavy atom. The van der Waals surface area contributed by atoms with Crippen molar-refractivity contribution in [3.8, 4) is 0 Å². The van der Waals surface area contributed by atoms with Gasteiger partial charge in [0.15, 0.2) is 0 Å². The monoisotopic (exact) mass is 255 g/mol. The summed E-state index contributed by atoms with van der Waals surface area (Å²) in [6.07, 6.45) is 2.68. The number of nitrogens with one attached hydrogen (secondary N) is 1. The van der Waals surface area contributed by atoms with Crippen LogP contribution >= 0.6 is 0 Å². The van der Waals surface area contributed by atoms with Crippen molar-refractivity contribution in [2.24, 2.45) is 5.92 Å². The lowest BCUT2D eigenvalue weighted by atomic mass is 10.0. The number of aliphatic hydroxyl groups excluding tert-OH is 1. The van der Waals surface area contributed by atoms with Crippen LogP contribution in [0, 0.1) is 17.6 Å². The van der Waals surface area contributed by atoms with Crippen LogP contribution in [-0.2, 0) is 0 Å².